The molecule has 0 aliphatic rings. The zero-order chi connectivity index (χ0) is 12.0. The largest absolute Gasteiger partial charge is 0.492 e. The van der Waals surface area contributed by atoms with Crippen LogP contribution in [0.2, 0.25) is 0 Å². The minimum Gasteiger partial charge on any atom is -0.492 e. The highest BCUT2D eigenvalue weighted by Gasteiger charge is 2.07. The third-order valence-corrected chi connectivity index (χ3v) is 3.03. The molecule has 0 aliphatic heterocycles. The van der Waals surface area contributed by atoms with E-state index < -0.39 is 0 Å². The molecule has 0 N–H and O–H groups in total. The smallest absolute Gasteiger partial charge is 0.136 e. The van der Waals surface area contributed by atoms with E-state index >= 15 is 0 Å². The molecule has 1 nitrogen and oxygen atoms in total. The number of aryl methyl sites for hydroxylation is 1. The first-order valence-corrected chi connectivity index (χ1v) is 6.53. The first-order valence-electron chi connectivity index (χ1n) is 5.73. The van der Waals surface area contributed by atoms with Gasteiger partial charge in [-0.1, -0.05) is 26.2 Å². The number of hydrogen-bond donors (Lipinski definition) is 0. The first kappa shape index (κ1) is 13.5. The Kier molecular flexibility index (Phi) is 5.81. The van der Waals surface area contributed by atoms with Crippen molar-refractivity contribution in [3.63, 3.8) is 0 Å². The molecule has 16 heavy (non-hydrogen) atoms. The van der Waals surface area contributed by atoms with Gasteiger partial charge in [0.15, 0.2) is 0 Å². The van der Waals surface area contributed by atoms with Gasteiger partial charge in [0.05, 0.1) is 11.1 Å². The van der Waals surface area contributed by atoms with Crippen LogP contribution < -0.4 is 4.74 Å². The van der Waals surface area contributed by atoms with E-state index in [2.05, 4.69) is 22.9 Å². The summed E-state index contributed by atoms with van der Waals surface area (Å²) in [7, 11) is 0. The summed E-state index contributed by atoms with van der Waals surface area (Å²) in [6.07, 6.45) is 4.71. The molecule has 0 radical (unpaired) electrons. The SMILES string of the molecule is CCCCCCOc1c(C)cc(F)cc1Br. The summed E-state index contributed by atoms with van der Waals surface area (Å²) >= 11 is 3.32. The van der Waals surface area contributed by atoms with Gasteiger partial charge in [-0.3, -0.25) is 0 Å². The third kappa shape index (κ3) is 4.12. The standard InChI is InChI=1S/C13H18BrFO/c1-3-4-5-6-7-16-13-10(2)8-11(15)9-12(13)14/h8-9H,3-7H2,1-2H3. The van der Waals surface area contributed by atoms with Crippen molar-refractivity contribution < 1.29 is 9.13 Å². The van der Waals surface area contributed by atoms with Gasteiger partial charge in [-0.2, -0.15) is 0 Å². The van der Waals surface area contributed by atoms with Crippen LogP contribution in [-0.4, -0.2) is 6.61 Å². The predicted molar refractivity (Wildman–Crippen MR) is 68.5 cm³/mol. The normalized spacial score (nSPS) is 10.5. The molecule has 0 saturated carbocycles. The Morgan fingerprint density at radius 1 is 1.25 bits per heavy atom. The minimum absolute atomic E-state index is 0.234. The number of benzene rings is 1. The zero-order valence-corrected chi connectivity index (χ0v) is 11.4. The predicted octanol–water partition coefficient (Wildman–Crippen LogP) is 4.86. The second-order valence-electron chi connectivity index (χ2n) is 3.94. The average Bonchev–Trinajstić information content (AvgIpc) is 2.20. The highest BCUT2D eigenvalue weighted by atomic mass is 79.9. The molecule has 0 bridgehead atoms. The average molecular weight is 289 g/mol. The molecule has 0 amide bonds. The molecular formula is C13H18BrFO. The minimum atomic E-state index is -0.234. The lowest BCUT2D eigenvalue weighted by Crippen LogP contribution is -2.00. The summed E-state index contributed by atoms with van der Waals surface area (Å²) in [5.74, 6) is 0.528. The third-order valence-electron chi connectivity index (χ3n) is 2.44. The summed E-state index contributed by atoms with van der Waals surface area (Å²) in [4.78, 5) is 0. The lowest BCUT2D eigenvalue weighted by molar-refractivity contribution is 0.301. The molecule has 0 spiro atoms. The summed E-state index contributed by atoms with van der Waals surface area (Å²) in [5, 5.41) is 0. The van der Waals surface area contributed by atoms with Crippen LogP contribution in [0.4, 0.5) is 4.39 Å². The molecule has 0 saturated heterocycles. The number of unbranched alkanes of at least 4 members (excludes halogenated alkanes) is 3. The second kappa shape index (κ2) is 6.89. The molecule has 0 aliphatic carbocycles. The van der Waals surface area contributed by atoms with Gasteiger partial charge < -0.3 is 4.74 Å². The number of ether oxygens (including phenoxy) is 1. The molecule has 1 aromatic rings. The van der Waals surface area contributed by atoms with Crippen molar-refractivity contribution in [2.75, 3.05) is 6.61 Å². The maximum atomic E-state index is 13.0. The van der Waals surface area contributed by atoms with E-state index in [1.807, 2.05) is 6.92 Å². The van der Waals surface area contributed by atoms with Gasteiger partial charge in [0, 0.05) is 0 Å². The van der Waals surface area contributed by atoms with E-state index in [4.69, 9.17) is 4.74 Å². The molecule has 0 heterocycles. The Balaban J connectivity index is 2.47. The van der Waals surface area contributed by atoms with Crippen molar-refractivity contribution in [3.05, 3.63) is 28.0 Å². The molecule has 0 unspecified atom stereocenters. The summed E-state index contributed by atoms with van der Waals surface area (Å²) in [6, 6.07) is 2.93. The fourth-order valence-corrected chi connectivity index (χ4v) is 2.22. The first-order chi connectivity index (χ1) is 7.65. The summed E-state index contributed by atoms with van der Waals surface area (Å²) in [6.45, 7) is 4.74. The van der Waals surface area contributed by atoms with Crippen LogP contribution in [0.15, 0.2) is 16.6 Å². The molecule has 0 atom stereocenters. The number of halogens is 2. The Hall–Kier alpha value is -0.570. The molecule has 1 rings (SSSR count). The van der Waals surface area contributed by atoms with E-state index in [1.54, 1.807) is 0 Å². The van der Waals surface area contributed by atoms with Gasteiger partial charge in [-0.05, 0) is 47.0 Å². The van der Waals surface area contributed by atoms with E-state index in [0.717, 1.165) is 17.7 Å². The summed E-state index contributed by atoms with van der Waals surface area (Å²) < 4.78 is 19.4. The van der Waals surface area contributed by atoms with E-state index in [9.17, 15) is 4.39 Å². The van der Waals surface area contributed by atoms with Gasteiger partial charge in [0.1, 0.15) is 11.6 Å². The topological polar surface area (TPSA) is 9.23 Å². The highest BCUT2D eigenvalue weighted by Crippen LogP contribution is 2.30. The van der Waals surface area contributed by atoms with Crippen LogP contribution in [0.3, 0.4) is 0 Å². The van der Waals surface area contributed by atoms with Crippen molar-refractivity contribution >= 4 is 15.9 Å². The Labute approximate surface area is 105 Å². The van der Waals surface area contributed by atoms with E-state index in [1.165, 1.54) is 31.4 Å². The van der Waals surface area contributed by atoms with Crippen molar-refractivity contribution in [2.45, 2.75) is 39.5 Å². The van der Waals surface area contributed by atoms with E-state index in [-0.39, 0.29) is 5.82 Å². The lowest BCUT2D eigenvalue weighted by atomic mass is 10.2. The molecule has 90 valence electrons. The molecule has 0 fully saturated rings. The molecule has 1 aromatic carbocycles. The number of rotatable bonds is 6. The van der Waals surface area contributed by atoms with Crippen LogP contribution in [0.25, 0.3) is 0 Å². The van der Waals surface area contributed by atoms with Gasteiger partial charge in [0.25, 0.3) is 0 Å². The molecular weight excluding hydrogens is 271 g/mol. The highest BCUT2D eigenvalue weighted by molar-refractivity contribution is 9.10. The Morgan fingerprint density at radius 2 is 2.00 bits per heavy atom. The van der Waals surface area contributed by atoms with Gasteiger partial charge >= 0.3 is 0 Å². The monoisotopic (exact) mass is 288 g/mol. The summed E-state index contributed by atoms with van der Waals surface area (Å²) in [5.41, 5.74) is 0.836. The maximum Gasteiger partial charge on any atom is 0.136 e. The van der Waals surface area contributed by atoms with Crippen LogP contribution >= 0.6 is 15.9 Å². The van der Waals surface area contributed by atoms with Crippen LogP contribution in [-0.2, 0) is 0 Å². The van der Waals surface area contributed by atoms with Crippen molar-refractivity contribution in [3.8, 4) is 5.75 Å². The fraction of sp³-hybridized carbons (Fsp3) is 0.538. The van der Waals surface area contributed by atoms with Gasteiger partial charge in [0.2, 0.25) is 0 Å². The second-order valence-corrected chi connectivity index (χ2v) is 4.80. The lowest BCUT2D eigenvalue weighted by Gasteiger charge is -2.11. The Morgan fingerprint density at radius 3 is 2.62 bits per heavy atom. The molecule has 0 aromatic heterocycles. The van der Waals surface area contributed by atoms with Gasteiger partial charge in [-0.15, -0.1) is 0 Å². The Bertz CT molecular complexity index is 316. The van der Waals surface area contributed by atoms with Crippen LogP contribution in [0, 0.1) is 12.7 Å². The van der Waals surface area contributed by atoms with E-state index in [0.29, 0.717) is 11.1 Å². The fourth-order valence-electron chi connectivity index (χ4n) is 1.57. The van der Waals surface area contributed by atoms with Crippen molar-refractivity contribution in [2.24, 2.45) is 0 Å². The van der Waals surface area contributed by atoms with Gasteiger partial charge in [-0.25, -0.2) is 4.39 Å². The quantitative estimate of drug-likeness (QED) is 0.680. The van der Waals surface area contributed by atoms with Crippen molar-refractivity contribution in [1.29, 1.82) is 0 Å². The zero-order valence-electron chi connectivity index (χ0n) is 9.85. The van der Waals surface area contributed by atoms with Crippen LogP contribution in [0.1, 0.15) is 38.2 Å². The molecule has 3 heteroatoms. The number of hydrogen-bond acceptors (Lipinski definition) is 1. The maximum absolute atomic E-state index is 13.0. The van der Waals surface area contributed by atoms with Crippen molar-refractivity contribution in [1.82, 2.24) is 0 Å². The van der Waals surface area contributed by atoms with Crippen LogP contribution in [0.5, 0.6) is 5.75 Å².